The third-order valence-corrected chi connectivity index (χ3v) is 4.76. The van der Waals surface area contributed by atoms with Gasteiger partial charge in [0.2, 0.25) is 0 Å². The van der Waals surface area contributed by atoms with Crippen LogP contribution in [0.3, 0.4) is 0 Å². The summed E-state index contributed by atoms with van der Waals surface area (Å²) in [5.41, 5.74) is -1.76. The molecule has 0 unspecified atom stereocenters. The summed E-state index contributed by atoms with van der Waals surface area (Å²) >= 11 is 0. The molecule has 27 heavy (non-hydrogen) atoms. The molecule has 0 spiro atoms. The fourth-order valence-corrected chi connectivity index (χ4v) is 3.18. The number of nitriles is 2. The number of hydrogen-bond acceptors (Lipinski definition) is 5. The van der Waals surface area contributed by atoms with E-state index >= 15 is 0 Å². The molecule has 0 bridgehead atoms. The molecule has 6 nitrogen and oxygen atoms in total. The van der Waals surface area contributed by atoms with Crippen LogP contribution in [0.1, 0.15) is 27.0 Å². The largest absolute Gasteiger partial charge is 0.417 e. The molecule has 0 atom stereocenters. The molecule has 0 aliphatic heterocycles. The molecular formula is C17H10F3N3O3S. The molecule has 2 aromatic carbocycles. The standard InChI is InChI=1S/C17H10F3N3O3S/c18-17(19,20)15-9-14(5-4-13(15)10-22)27(25,26)23-16(24)12-3-1-2-11(8-12)6-7-21/h1-5,8-9H,6H2,(H,23,24). The summed E-state index contributed by atoms with van der Waals surface area (Å²) in [6, 6.07) is 10.6. The maximum Gasteiger partial charge on any atom is 0.417 e. The molecule has 0 aliphatic carbocycles. The number of nitrogens with zero attached hydrogens (tertiary/aromatic N) is 2. The van der Waals surface area contributed by atoms with Crippen LogP contribution in [0.15, 0.2) is 47.4 Å². The molecule has 0 aromatic heterocycles. The minimum atomic E-state index is -4.94. The highest BCUT2D eigenvalue weighted by atomic mass is 32.2. The van der Waals surface area contributed by atoms with E-state index in [0.29, 0.717) is 11.6 Å². The minimum Gasteiger partial charge on any atom is -0.268 e. The van der Waals surface area contributed by atoms with Gasteiger partial charge in [0.05, 0.1) is 34.6 Å². The van der Waals surface area contributed by atoms with Gasteiger partial charge in [-0.05, 0) is 35.9 Å². The molecule has 2 aromatic rings. The van der Waals surface area contributed by atoms with Crippen LogP contribution in [-0.4, -0.2) is 14.3 Å². The van der Waals surface area contributed by atoms with E-state index in [1.54, 1.807) is 10.8 Å². The molecule has 10 heteroatoms. The Morgan fingerprint density at radius 3 is 2.41 bits per heavy atom. The first-order valence-corrected chi connectivity index (χ1v) is 8.71. The lowest BCUT2D eigenvalue weighted by atomic mass is 10.1. The van der Waals surface area contributed by atoms with Crippen LogP contribution in [0.25, 0.3) is 0 Å². The number of hydrogen-bond donors (Lipinski definition) is 1. The van der Waals surface area contributed by atoms with Gasteiger partial charge in [-0.15, -0.1) is 0 Å². The van der Waals surface area contributed by atoms with Gasteiger partial charge < -0.3 is 0 Å². The van der Waals surface area contributed by atoms with Crippen molar-refractivity contribution in [3.05, 3.63) is 64.7 Å². The molecule has 0 saturated carbocycles. The zero-order valence-electron chi connectivity index (χ0n) is 13.4. The predicted molar refractivity (Wildman–Crippen MR) is 86.6 cm³/mol. The van der Waals surface area contributed by atoms with Crippen molar-refractivity contribution in [2.75, 3.05) is 0 Å². The van der Waals surface area contributed by atoms with Crippen molar-refractivity contribution in [1.29, 1.82) is 10.5 Å². The van der Waals surface area contributed by atoms with E-state index in [-0.39, 0.29) is 12.0 Å². The highest BCUT2D eigenvalue weighted by molar-refractivity contribution is 7.90. The summed E-state index contributed by atoms with van der Waals surface area (Å²) in [6.07, 6.45) is -4.94. The van der Waals surface area contributed by atoms with Crippen molar-refractivity contribution in [3.8, 4) is 12.1 Å². The molecule has 138 valence electrons. The quantitative estimate of drug-likeness (QED) is 0.859. The van der Waals surface area contributed by atoms with Gasteiger partial charge >= 0.3 is 6.18 Å². The maximum absolute atomic E-state index is 13.0. The lowest BCUT2D eigenvalue weighted by molar-refractivity contribution is -0.137. The van der Waals surface area contributed by atoms with Crippen LogP contribution in [0.5, 0.6) is 0 Å². The average Bonchev–Trinajstić information content (AvgIpc) is 2.60. The van der Waals surface area contributed by atoms with Crippen molar-refractivity contribution in [1.82, 2.24) is 4.72 Å². The normalized spacial score (nSPS) is 11.3. The monoisotopic (exact) mass is 393 g/mol. The number of amides is 1. The zero-order valence-corrected chi connectivity index (χ0v) is 14.2. The van der Waals surface area contributed by atoms with Gasteiger partial charge in [-0.2, -0.15) is 23.7 Å². The first kappa shape index (κ1) is 19.9. The number of sulfonamides is 1. The van der Waals surface area contributed by atoms with Crippen molar-refractivity contribution < 1.29 is 26.4 Å². The molecule has 1 amide bonds. The molecule has 1 N–H and O–H groups in total. The van der Waals surface area contributed by atoms with E-state index < -0.39 is 38.1 Å². The van der Waals surface area contributed by atoms with Crippen molar-refractivity contribution in [2.24, 2.45) is 0 Å². The highest BCUT2D eigenvalue weighted by Crippen LogP contribution is 2.33. The van der Waals surface area contributed by atoms with E-state index in [4.69, 9.17) is 10.5 Å². The Balaban J connectivity index is 2.37. The fourth-order valence-electron chi connectivity index (χ4n) is 2.18. The summed E-state index contributed by atoms with van der Waals surface area (Å²) in [5.74, 6) is -1.06. The lowest BCUT2D eigenvalue weighted by Crippen LogP contribution is -2.31. The Morgan fingerprint density at radius 2 is 1.81 bits per heavy atom. The van der Waals surface area contributed by atoms with Gasteiger partial charge in [0.1, 0.15) is 0 Å². The Labute approximate surface area is 152 Å². The van der Waals surface area contributed by atoms with Gasteiger partial charge in [0.25, 0.3) is 15.9 Å². The van der Waals surface area contributed by atoms with E-state index in [9.17, 15) is 26.4 Å². The Bertz CT molecular complexity index is 1080. The first-order valence-electron chi connectivity index (χ1n) is 7.23. The number of carbonyl (C=O) groups excluding carboxylic acids is 1. The van der Waals surface area contributed by atoms with Crippen LogP contribution < -0.4 is 4.72 Å². The number of nitrogens with one attached hydrogen (secondary N) is 1. The highest BCUT2D eigenvalue weighted by Gasteiger charge is 2.35. The smallest absolute Gasteiger partial charge is 0.268 e. The minimum absolute atomic E-state index is 0.00155. The second-order valence-electron chi connectivity index (χ2n) is 5.29. The Kier molecular flexibility index (Phi) is 5.52. The Morgan fingerprint density at radius 1 is 1.11 bits per heavy atom. The van der Waals surface area contributed by atoms with Gasteiger partial charge in [0, 0.05) is 5.56 Å². The van der Waals surface area contributed by atoms with Crippen molar-refractivity contribution in [3.63, 3.8) is 0 Å². The average molecular weight is 393 g/mol. The van der Waals surface area contributed by atoms with Crippen LogP contribution >= 0.6 is 0 Å². The zero-order chi connectivity index (χ0) is 20.2. The van der Waals surface area contributed by atoms with E-state index in [2.05, 4.69) is 0 Å². The predicted octanol–water partition coefficient (Wildman–Crippen LogP) is 2.76. The van der Waals surface area contributed by atoms with E-state index in [0.717, 1.165) is 12.1 Å². The molecule has 0 fully saturated rings. The van der Waals surface area contributed by atoms with Crippen molar-refractivity contribution >= 4 is 15.9 Å². The summed E-state index contributed by atoms with van der Waals surface area (Å²) in [6.45, 7) is 0. The summed E-state index contributed by atoms with van der Waals surface area (Å²) in [4.78, 5) is 11.3. The molecular weight excluding hydrogens is 383 g/mol. The maximum atomic E-state index is 13.0. The number of carbonyl (C=O) groups is 1. The Hall–Kier alpha value is -3.37. The second-order valence-corrected chi connectivity index (χ2v) is 6.97. The van der Waals surface area contributed by atoms with Crippen molar-refractivity contribution in [2.45, 2.75) is 17.5 Å². The third kappa shape index (κ3) is 4.63. The van der Waals surface area contributed by atoms with E-state index in [1.807, 2.05) is 6.07 Å². The third-order valence-electron chi connectivity index (χ3n) is 3.43. The SMILES string of the molecule is N#CCc1cccc(C(=O)NS(=O)(=O)c2ccc(C#N)c(C(F)(F)F)c2)c1. The topological polar surface area (TPSA) is 111 Å². The summed E-state index contributed by atoms with van der Waals surface area (Å²) < 4.78 is 65.2. The number of rotatable bonds is 4. The molecule has 0 saturated heterocycles. The second kappa shape index (κ2) is 7.48. The van der Waals surface area contributed by atoms with E-state index in [1.165, 1.54) is 24.3 Å². The number of alkyl halides is 3. The fraction of sp³-hybridized carbons (Fsp3) is 0.118. The van der Waals surface area contributed by atoms with Gasteiger partial charge in [0.15, 0.2) is 0 Å². The summed E-state index contributed by atoms with van der Waals surface area (Å²) in [5, 5.41) is 17.4. The van der Waals surface area contributed by atoms with Crippen LogP contribution in [0.2, 0.25) is 0 Å². The van der Waals surface area contributed by atoms with Gasteiger partial charge in [-0.25, -0.2) is 13.1 Å². The molecule has 0 aliphatic rings. The van der Waals surface area contributed by atoms with Crippen LogP contribution in [0, 0.1) is 22.7 Å². The first-order chi connectivity index (χ1) is 12.6. The molecule has 0 heterocycles. The van der Waals surface area contributed by atoms with Crippen LogP contribution in [0.4, 0.5) is 13.2 Å². The summed E-state index contributed by atoms with van der Waals surface area (Å²) in [7, 11) is -4.61. The molecule has 2 rings (SSSR count). The van der Waals surface area contributed by atoms with Crippen LogP contribution in [-0.2, 0) is 22.6 Å². The lowest BCUT2D eigenvalue weighted by Gasteiger charge is -2.12. The molecule has 0 radical (unpaired) electrons. The number of benzene rings is 2. The van der Waals surface area contributed by atoms with Gasteiger partial charge in [-0.3, -0.25) is 4.79 Å². The van der Waals surface area contributed by atoms with Gasteiger partial charge in [-0.1, -0.05) is 12.1 Å². The number of halogens is 3.